The zero-order valence-corrected chi connectivity index (χ0v) is 13.7. The van der Waals surface area contributed by atoms with Gasteiger partial charge in [0.2, 0.25) is 5.91 Å². The van der Waals surface area contributed by atoms with E-state index in [0.717, 1.165) is 11.3 Å². The van der Waals surface area contributed by atoms with E-state index in [0.29, 0.717) is 25.0 Å². The molecule has 1 amide bonds. The molecule has 2 atom stereocenters. The van der Waals surface area contributed by atoms with Gasteiger partial charge in [0.05, 0.1) is 12.5 Å². The van der Waals surface area contributed by atoms with Gasteiger partial charge in [-0.1, -0.05) is 48.5 Å². The van der Waals surface area contributed by atoms with Crippen LogP contribution in [0.5, 0.6) is 5.75 Å². The van der Waals surface area contributed by atoms with E-state index in [4.69, 9.17) is 4.74 Å². The standard InChI is InChI=1S/C20H21NO3/c1-14(13-18(22)15-7-3-2-4-8-15)21-20(23)17-11-12-24-19-10-6-5-9-16(17)19/h2-10,14,17H,11-13H2,1H3,(H,21,23). The number of amides is 1. The summed E-state index contributed by atoms with van der Waals surface area (Å²) in [6, 6.07) is 16.6. The monoisotopic (exact) mass is 323 g/mol. The van der Waals surface area contributed by atoms with Crippen LogP contribution in [0.15, 0.2) is 54.6 Å². The van der Waals surface area contributed by atoms with Crippen LogP contribution in [-0.2, 0) is 4.79 Å². The lowest BCUT2D eigenvalue weighted by Gasteiger charge is -2.26. The van der Waals surface area contributed by atoms with Crippen molar-refractivity contribution in [3.05, 3.63) is 65.7 Å². The second-order valence-electron chi connectivity index (χ2n) is 6.13. The second kappa shape index (κ2) is 7.30. The first-order valence-corrected chi connectivity index (χ1v) is 8.25. The first-order valence-electron chi connectivity index (χ1n) is 8.25. The lowest BCUT2D eigenvalue weighted by Crippen LogP contribution is -2.39. The van der Waals surface area contributed by atoms with Crippen LogP contribution in [0.3, 0.4) is 0 Å². The number of rotatable bonds is 5. The molecule has 0 saturated carbocycles. The minimum absolute atomic E-state index is 0.0378. The summed E-state index contributed by atoms with van der Waals surface area (Å²) < 4.78 is 5.60. The molecule has 3 rings (SSSR count). The highest BCUT2D eigenvalue weighted by Crippen LogP contribution is 2.33. The maximum absolute atomic E-state index is 12.6. The normalized spacial score (nSPS) is 17.3. The van der Waals surface area contributed by atoms with E-state index in [-0.39, 0.29) is 23.7 Å². The predicted molar refractivity (Wildman–Crippen MR) is 92.3 cm³/mol. The number of carbonyl (C=O) groups is 2. The number of benzene rings is 2. The first kappa shape index (κ1) is 16.2. The quantitative estimate of drug-likeness (QED) is 0.859. The van der Waals surface area contributed by atoms with Crippen molar-refractivity contribution in [2.45, 2.75) is 31.7 Å². The maximum atomic E-state index is 12.6. The molecule has 0 spiro atoms. The molecule has 4 nitrogen and oxygen atoms in total. The van der Waals surface area contributed by atoms with Gasteiger partial charge >= 0.3 is 0 Å². The maximum Gasteiger partial charge on any atom is 0.228 e. The van der Waals surface area contributed by atoms with Crippen molar-refractivity contribution in [1.82, 2.24) is 5.32 Å². The van der Waals surface area contributed by atoms with Crippen molar-refractivity contribution >= 4 is 11.7 Å². The lowest BCUT2D eigenvalue weighted by atomic mass is 9.92. The van der Waals surface area contributed by atoms with Crippen LogP contribution in [0.2, 0.25) is 0 Å². The molecule has 1 heterocycles. The summed E-state index contributed by atoms with van der Waals surface area (Å²) in [6.07, 6.45) is 0.947. The van der Waals surface area contributed by atoms with Crippen LogP contribution in [-0.4, -0.2) is 24.3 Å². The third kappa shape index (κ3) is 3.65. The molecule has 2 unspecified atom stereocenters. The number of carbonyl (C=O) groups excluding carboxylic acids is 2. The van der Waals surface area contributed by atoms with Crippen LogP contribution < -0.4 is 10.1 Å². The molecule has 124 valence electrons. The fourth-order valence-corrected chi connectivity index (χ4v) is 3.03. The molecule has 0 radical (unpaired) electrons. The average Bonchev–Trinajstić information content (AvgIpc) is 2.61. The van der Waals surface area contributed by atoms with Gasteiger partial charge in [0.1, 0.15) is 5.75 Å². The Morgan fingerprint density at radius 1 is 1.12 bits per heavy atom. The van der Waals surface area contributed by atoms with E-state index in [9.17, 15) is 9.59 Å². The Morgan fingerprint density at radius 3 is 2.62 bits per heavy atom. The number of ketones is 1. The smallest absolute Gasteiger partial charge is 0.228 e. The Balaban J connectivity index is 1.62. The molecule has 2 aromatic rings. The van der Waals surface area contributed by atoms with Crippen LogP contribution >= 0.6 is 0 Å². The van der Waals surface area contributed by atoms with Crippen LogP contribution in [0.4, 0.5) is 0 Å². The Kier molecular flexibility index (Phi) is 4.94. The predicted octanol–water partition coefficient (Wildman–Crippen LogP) is 3.33. The third-order valence-corrected chi connectivity index (χ3v) is 4.25. The van der Waals surface area contributed by atoms with Crippen molar-refractivity contribution < 1.29 is 14.3 Å². The molecule has 24 heavy (non-hydrogen) atoms. The minimum Gasteiger partial charge on any atom is -0.493 e. The van der Waals surface area contributed by atoms with Gasteiger partial charge in [0.25, 0.3) is 0 Å². The van der Waals surface area contributed by atoms with Gasteiger partial charge in [-0.25, -0.2) is 0 Å². The minimum atomic E-state index is -0.218. The van der Waals surface area contributed by atoms with Gasteiger partial charge in [0.15, 0.2) is 5.78 Å². The van der Waals surface area contributed by atoms with E-state index < -0.39 is 0 Å². The number of nitrogens with one attached hydrogen (secondary N) is 1. The van der Waals surface area contributed by atoms with Gasteiger partial charge in [-0.3, -0.25) is 9.59 Å². The molecule has 2 aromatic carbocycles. The van der Waals surface area contributed by atoms with E-state index in [2.05, 4.69) is 5.32 Å². The Labute approximate surface area is 141 Å². The topological polar surface area (TPSA) is 55.4 Å². The lowest BCUT2D eigenvalue weighted by molar-refractivity contribution is -0.123. The summed E-state index contributed by atoms with van der Waals surface area (Å²) >= 11 is 0. The van der Waals surface area contributed by atoms with Gasteiger partial charge < -0.3 is 10.1 Å². The SMILES string of the molecule is CC(CC(=O)c1ccccc1)NC(=O)C1CCOc2ccccc21. The highest BCUT2D eigenvalue weighted by molar-refractivity contribution is 5.96. The number of Topliss-reactive ketones (excluding diaryl/α,β-unsaturated/α-hetero) is 1. The largest absolute Gasteiger partial charge is 0.493 e. The Morgan fingerprint density at radius 2 is 1.83 bits per heavy atom. The summed E-state index contributed by atoms with van der Waals surface area (Å²) in [6.45, 7) is 2.40. The molecule has 0 fully saturated rings. The molecule has 1 aliphatic rings. The highest BCUT2D eigenvalue weighted by atomic mass is 16.5. The summed E-state index contributed by atoms with van der Waals surface area (Å²) in [7, 11) is 0. The summed E-state index contributed by atoms with van der Waals surface area (Å²) in [5.74, 6) is 0.552. The highest BCUT2D eigenvalue weighted by Gasteiger charge is 2.28. The van der Waals surface area contributed by atoms with Crippen molar-refractivity contribution in [3.63, 3.8) is 0 Å². The van der Waals surface area contributed by atoms with Crippen LogP contribution in [0.1, 0.15) is 41.6 Å². The fraction of sp³-hybridized carbons (Fsp3) is 0.300. The summed E-state index contributed by atoms with van der Waals surface area (Å²) in [5, 5.41) is 2.98. The van der Waals surface area contributed by atoms with Gasteiger partial charge in [0, 0.05) is 23.6 Å². The van der Waals surface area contributed by atoms with Crippen LogP contribution in [0, 0.1) is 0 Å². The number of fused-ring (bicyclic) bond motifs is 1. The third-order valence-electron chi connectivity index (χ3n) is 4.25. The zero-order chi connectivity index (χ0) is 16.9. The first-order chi connectivity index (χ1) is 11.6. The summed E-state index contributed by atoms with van der Waals surface area (Å²) in [4.78, 5) is 24.9. The number of hydrogen-bond acceptors (Lipinski definition) is 3. The molecule has 0 aromatic heterocycles. The van der Waals surface area contributed by atoms with Crippen molar-refractivity contribution in [3.8, 4) is 5.75 Å². The van der Waals surface area contributed by atoms with Gasteiger partial charge in [-0.05, 0) is 19.4 Å². The Bertz CT molecular complexity index is 727. The molecular weight excluding hydrogens is 302 g/mol. The van der Waals surface area contributed by atoms with E-state index >= 15 is 0 Å². The molecule has 0 aliphatic carbocycles. The Hall–Kier alpha value is -2.62. The second-order valence-corrected chi connectivity index (χ2v) is 6.13. The molecule has 1 N–H and O–H groups in total. The number of para-hydroxylation sites is 1. The molecular formula is C20H21NO3. The summed E-state index contributed by atoms with van der Waals surface area (Å²) in [5.41, 5.74) is 1.60. The van der Waals surface area contributed by atoms with Crippen LogP contribution in [0.25, 0.3) is 0 Å². The van der Waals surface area contributed by atoms with E-state index in [1.807, 2.05) is 49.4 Å². The van der Waals surface area contributed by atoms with Gasteiger partial charge in [-0.2, -0.15) is 0 Å². The molecule has 4 heteroatoms. The van der Waals surface area contributed by atoms with E-state index in [1.54, 1.807) is 12.1 Å². The number of ether oxygens (including phenoxy) is 1. The fourth-order valence-electron chi connectivity index (χ4n) is 3.03. The van der Waals surface area contributed by atoms with Gasteiger partial charge in [-0.15, -0.1) is 0 Å². The number of hydrogen-bond donors (Lipinski definition) is 1. The van der Waals surface area contributed by atoms with Crippen molar-refractivity contribution in [1.29, 1.82) is 0 Å². The van der Waals surface area contributed by atoms with Crippen molar-refractivity contribution in [2.24, 2.45) is 0 Å². The van der Waals surface area contributed by atoms with E-state index in [1.165, 1.54) is 0 Å². The zero-order valence-electron chi connectivity index (χ0n) is 13.7. The average molecular weight is 323 g/mol. The molecule has 0 saturated heterocycles. The van der Waals surface area contributed by atoms with Crippen molar-refractivity contribution in [2.75, 3.05) is 6.61 Å². The molecule has 0 bridgehead atoms. The molecule has 1 aliphatic heterocycles.